The summed E-state index contributed by atoms with van der Waals surface area (Å²) in [5.41, 5.74) is 2.67. The van der Waals surface area contributed by atoms with Gasteiger partial charge in [0.15, 0.2) is 0 Å². The maximum Gasteiger partial charge on any atom is 0.292 e. The first-order valence-electron chi connectivity index (χ1n) is 6.63. The third kappa shape index (κ3) is 3.66. The minimum Gasteiger partial charge on any atom is -0.392 e. The quantitative estimate of drug-likeness (QED) is 0.560. The van der Waals surface area contributed by atoms with E-state index in [0.717, 1.165) is 11.1 Å². The van der Waals surface area contributed by atoms with Crippen molar-refractivity contribution in [3.05, 3.63) is 62.7 Å². The molecule has 2 rings (SSSR count). The Labute approximate surface area is 132 Å². The molecule has 0 bridgehead atoms. The molecule has 0 aliphatic heterocycles. The number of nitrogens with zero attached hydrogens (tertiary/aromatic N) is 1. The highest BCUT2D eigenvalue weighted by atomic mass is 35.5. The van der Waals surface area contributed by atoms with Crippen molar-refractivity contribution < 1.29 is 10.0 Å². The summed E-state index contributed by atoms with van der Waals surface area (Å²) >= 11 is 6.09. The number of aliphatic hydroxyl groups is 1. The zero-order valence-electron chi connectivity index (χ0n) is 12.0. The van der Waals surface area contributed by atoms with Crippen LogP contribution in [0.2, 0.25) is 5.02 Å². The maximum absolute atomic E-state index is 11.0. The number of aliphatic hydroxyl groups excluding tert-OH is 1. The number of nitrogens with one attached hydrogen (secondary N) is 2. The summed E-state index contributed by atoms with van der Waals surface area (Å²) in [6, 6.07) is 10.2. The summed E-state index contributed by atoms with van der Waals surface area (Å²) in [5, 5.41) is 26.6. The average molecular weight is 322 g/mol. The van der Waals surface area contributed by atoms with Crippen LogP contribution < -0.4 is 10.6 Å². The van der Waals surface area contributed by atoms with E-state index in [-0.39, 0.29) is 12.3 Å². The van der Waals surface area contributed by atoms with Crippen molar-refractivity contribution in [1.82, 2.24) is 0 Å². The van der Waals surface area contributed by atoms with Crippen LogP contribution in [-0.2, 0) is 13.2 Å². The molecule has 0 saturated heterocycles. The van der Waals surface area contributed by atoms with Crippen molar-refractivity contribution in [2.75, 3.05) is 17.7 Å². The van der Waals surface area contributed by atoms with Crippen LogP contribution in [0.3, 0.4) is 0 Å². The van der Waals surface area contributed by atoms with Gasteiger partial charge in [0, 0.05) is 19.7 Å². The van der Waals surface area contributed by atoms with E-state index in [1.165, 1.54) is 6.07 Å². The molecule has 0 aromatic heterocycles. The smallest absolute Gasteiger partial charge is 0.292 e. The molecule has 22 heavy (non-hydrogen) atoms. The SMILES string of the molecule is CNc1ccc(CNc2cc(CO)ccc2Cl)cc1[N+](=O)[O-]. The Balaban J connectivity index is 2.18. The van der Waals surface area contributed by atoms with Gasteiger partial charge in [0.2, 0.25) is 0 Å². The van der Waals surface area contributed by atoms with E-state index >= 15 is 0 Å². The molecule has 0 unspecified atom stereocenters. The Morgan fingerprint density at radius 3 is 2.55 bits per heavy atom. The monoisotopic (exact) mass is 321 g/mol. The third-order valence-corrected chi connectivity index (χ3v) is 3.55. The van der Waals surface area contributed by atoms with Crippen molar-refractivity contribution in [3.63, 3.8) is 0 Å². The molecule has 0 aliphatic carbocycles. The van der Waals surface area contributed by atoms with Crippen LogP contribution in [0.1, 0.15) is 11.1 Å². The van der Waals surface area contributed by atoms with Crippen LogP contribution in [0.4, 0.5) is 17.1 Å². The summed E-state index contributed by atoms with van der Waals surface area (Å²) in [5.74, 6) is 0. The van der Waals surface area contributed by atoms with Crippen LogP contribution >= 0.6 is 11.6 Å². The largest absolute Gasteiger partial charge is 0.392 e. The first kappa shape index (κ1) is 16.1. The normalized spacial score (nSPS) is 10.3. The lowest BCUT2D eigenvalue weighted by atomic mass is 10.1. The first-order valence-corrected chi connectivity index (χ1v) is 7.01. The van der Waals surface area contributed by atoms with Crippen LogP contribution in [0.25, 0.3) is 0 Å². The lowest BCUT2D eigenvalue weighted by Gasteiger charge is -2.11. The Hall–Kier alpha value is -2.31. The van der Waals surface area contributed by atoms with Gasteiger partial charge in [-0.3, -0.25) is 10.1 Å². The summed E-state index contributed by atoms with van der Waals surface area (Å²) in [4.78, 5) is 10.6. The van der Waals surface area contributed by atoms with E-state index in [0.29, 0.717) is 22.9 Å². The van der Waals surface area contributed by atoms with Gasteiger partial charge < -0.3 is 15.7 Å². The number of nitro benzene ring substituents is 1. The number of benzene rings is 2. The lowest BCUT2D eigenvalue weighted by Crippen LogP contribution is -2.03. The summed E-state index contributed by atoms with van der Waals surface area (Å²) < 4.78 is 0. The molecule has 0 heterocycles. The second-order valence-electron chi connectivity index (χ2n) is 4.68. The van der Waals surface area contributed by atoms with Gasteiger partial charge in [-0.25, -0.2) is 0 Å². The maximum atomic E-state index is 11.0. The molecule has 0 fully saturated rings. The molecular formula is C15H16ClN3O3. The predicted octanol–water partition coefficient (Wildman–Crippen LogP) is 3.39. The Morgan fingerprint density at radius 1 is 1.18 bits per heavy atom. The highest BCUT2D eigenvalue weighted by molar-refractivity contribution is 6.33. The van der Waals surface area contributed by atoms with Crippen molar-refractivity contribution in [2.45, 2.75) is 13.2 Å². The zero-order valence-corrected chi connectivity index (χ0v) is 12.7. The fraction of sp³-hybridized carbons (Fsp3) is 0.200. The van der Waals surface area contributed by atoms with E-state index in [4.69, 9.17) is 16.7 Å². The zero-order chi connectivity index (χ0) is 16.1. The van der Waals surface area contributed by atoms with Crippen LogP contribution in [0.5, 0.6) is 0 Å². The predicted molar refractivity (Wildman–Crippen MR) is 87.3 cm³/mol. The molecule has 116 valence electrons. The van der Waals surface area contributed by atoms with Crippen LogP contribution in [0, 0.1) is 10.1 Å². The molecule has 2 aromatic rings. The highest BCUT2D eigenvalue weighted by Crippen LogP contribution is 2.27. The van der Waals surface area contributed by atoms with Crippen LogP contribution in [0.15, 0.2) is 36.4 Å². The molecule has 0 amide bonds. The minimum absolute atomic E-state index is 0.0250. The molecule has 3 N–H and O–H groups in total. The first-order chi connectivity index (χ1) is 10.5. The standard InChI is InChI=1S/C15H16ClN3O3/c1-17-13-5-3-10(7-15(13)19(21)22)8-18-14-6-11(9-20)2-4-12(14)16/h2-7,17-18,20H,8-9H2,1H3. The number of nitro groups is 1. The topological polar surface area (TPSA) is 87.4 Å². The Morgan fingerprint density at radius 2 is 1.91 bits per heavy atom. The molecule has 0 saturated carbocycles. The molecule has 6 nitrogen and oxygen atoms in total. The Bertz CT molecular complexity index is 692. The molecule has 2 aromatic carbocycles. The second kappa shape index (κ2) is 7.11. The molecule has 0 aliphatic rings. The molecule has 0 atom stereocenters. The summed E-state index contributed by atoms with van der Waals surface area (Å²) in [6.07, 6.45) is 0. The summed E-state index contributed by atoms with van der Waals surface area (Å²) in [7, 11) is 1.64. The van der Waals surface area contributed by atoms with E-state index in [1.54, 1.807) is 37.4 Å². The third-order valence-electron chi connectivity index (χ3n) is 3.22. The summed E-state index contributed by atoms with van der Waals surface area (Å²) in [6.45, 7) is 0.313. The Kier molecular flexibility index (Phi) is 5.19. The van der Waals surface area contributed by atoms with Gasteiger partial charge in [-0.2, -0.15) is 0 Å². The van der Waals surface area contributed by atoms with E-state index < -0.39 is 4.92 Å². The minimum atomic E-state index is -0.422. The number of rotatable bonds is 6. The number of hydrogen-bond acceptors (Lipinski definition) is 5. The van der Waals surface area contributed by atoms with Gasteiger partial charge in [0.1, 0.15) is 5.69 Å². The number of anilines is 2. The van der Waals surface area contributed by atoms with E-state index in [2.05, 4.69) is 10.6 Å². The van der Waals surface area contributed by atoms with Gasteiger partial charge in [-0.05, 0) is 29.3 Å². The van der Waals surface area contributed by atoms with Crippen molar-refractivity contribution >= 4 is 28.7 Å². The van der Waals surface area contributed by atoms with Gasteiger partial charge >= 0.3 is 0 Å². The van der Waals surface area contributed by atoms with Crippen molar-refractivity contribution in [2.24, 2.45) is 0 Å². The van der Waals surface area contributed by atoms with Crippen LogP contribution in [-0.4, -0.2) is 17.1 Å². The second-order valence-corrected chi connectivity index (χ2v) is 5.09. The van der Waals surface area contributed by atoms with Gasteiger partial charge in [-0.1, -0.05) is 23.7 Å². The molecule has 0 radical (unpaired) electrons. The van der Waals surface area contributed by atoms with Gasteiger partial charge in [-0.15, -0.1) is 0 Å². The molecule has 7 heteroatoms. The van der Waals surface area contributed by atoms with Crippen molar-refractivity contribution in [1.29, 1.82) is 0 Å². The average Bonchev–Trinajstić information content (AvgIpc) is 2.53. The number of hydrogen-bond donors (Lipinski definition) is 3. The number of halogens is 1. The van der Waals surface area contributed by atoms with Gasteiger partial charge in [0.25, 0.3) is 5.69 Å². The van der Waals surface area contributed by atoms with Gasteiger partial charge in [0.05, 0.1) is 22.2 Å². The highest BCUT2D eigenvalue weighted by Gasteiger charge is 2.13. The fourth-order valence-electron chi connectivity index (χ4n) is 2.05. The van der Waals surface area contributed by atoms with E-state index in [9.17, 15) is 10.1 Å². The fourth-order valence-corrected chi connectivity index (χ4v) is 2.24. The molecule has 0 spiro atoms. The lowest BCUT2D eigenvalue weighted by molar-refractivity contribution is -0.384. The molecular weight excluding hydrogens is 306 g/mol. The van der Waals surface area contributed by atoms with E-state index in [1.807, 2.05) is 0 Å². The van der Waals surface area contributed by atoms with Crippen molar-refractivity contribution in [3.8, 4) is 0 Å².